The van der Waals surface area contributed by atoms with Crippen molar-refractivity contribution in [2.24, 2.45) is 5.92 Å². The van der Waals surface area contributed by atoms with Gasteiger partial charge in [0.1, 0.15) is 5.82 Å². The highest BCUT2D eigenvalue weighted by atomic mass is 79.9. The lowest BCUT2D eigenvalue weighted by molar-refractivity contribution is 0.0542. The molecule has 1 atom stereocenters. The van der Waals surface area contributed by atoms with Crippen LogP contribution in [0, 0.1) is 5.92 Å². The lowest BCUT2D eigenvalue weighted by Gasteiger charge is -2.21. The molecule has 1 unspecified atom stereocenters. The molecule has 0 radical (unpaired) electrons. The second-order valence-corrected chi connectivity index (χ2v) is 5.43. The van der Waals surface area contributed by atoms with Crippen molar-refractivity contribution in [3.8, 4) is 0 Å². The molecule has 0 aromatic carbocycles. The Hall–Kier alpha value is -0.870. The lowest BCUT2D eigenvalue weighted by atomic mass is 9.98. The van der Waals surface area contributed by atoms with Crippen LogP contribution in [0.3, 0.4) is 0 Å². The number of halogens is 1. The van der Waals surface area contributed by atoms with Gasteiger partial charge in [0.25, 0.3) is 0 Å². The Bertz CT molecular complexity index is 517. The summed E-state index contributed by atoms with van der Waals surface area (Å²) in [5, 5.41) is 0. The summed E-state index contributed by atoms with van der Waals surface area (Å²) < 4.78 is 8.78. The first-order valence-corrected chi connectivity index (χ1v) is 6.82. The fraction of sp³-hybridized carbons (Fsp3) is 0.462. The van der Waals surface area contributed by atoms with Gasteiger partial charge in [0.05, 0.1) is 11.7 Å². The number of nitrogens with zero attached hydrogens (tertiary/aromatic N) is 2. The van der Waals surface area contributed by atoms with Crippen LogP contribution < -0.4 is 0 Å². The summed E-state index contributed by atoms with van der Waals surface area (Å²) in [7, 11) is 0. The number of aromatic nitrogens is 2. The third kappa shape index (κ3) is 2.24. The van der Waals surface area contributed by atoms with Crippen LogP contribution in [0.1, 0.15) is 18.7 Å². The number of rotatable bonds is 2. The molecule has 0 amide bonds. The highest BCUT2D eigenvalue weighted by Gasteiger charge is 2.17. The molecule has 0 saturated carbocycles. The maximum absolute atomic E-state index is 5.52. The van der Waals surface area contributed by atoms with Crippen molar-refractivity contribution in [2.75, 3.05) is 13.2 Å². The van der Waals surface area contributed by atoms with Gasteiger partial charge < -0.3 is 9.14 Å². The molecule has 0 spiro atoms. The summed E-state index contributed by atoms with van der Waals surface area (Å²) in [6.07, 6.45) is 7.44. The Morgan fingerprint density at radius 2 is 2.47 bits per heavy atom. The van der Waals surface area contributed by atoms with Crippen LogP contribution in [-0.2, 0) is 11.2 Å². The predicted octanol–water partition coefficient (Wildman–Crippen LogP) is 3.07. The summed E-state index contributed by atoms with van der Waals surface area (Å²) in [5.41, 5.74) is 1.14. The van der Waals surface area contributed by atoms with E-state index >= 15 is 0 Å². The van der Waals surface area contributed by atoms with Crippen molar-refractivity contribution in [1.82, 2.24) is 9.38 Å². The van der Waals surface area contributed by atoms with E-state index in [0.29, 0.717) is 5.92 Å². The second kappa shape index (κ2) is 4.78. The topological polar surface area (TPSA) is 26.5 Å². The summed E-state index contributed by atoms with van der Waals surface area (Å²) in [4.78, 5) is 4.53. The van der Waals surface area contributed by atoms with Gasteiger partial charge >= 0.3 is 0 Å². The number of pyridine rings is 1. The van der Waals surface area contributed by atoms with E-state index in [1.165, 1.54) is 12.8 Å². The van der Waals surface area contributed by atoms with Crippen LogP contribution in [0.4, 0.5) is 0 Å². The summed E-state index contributed by atoms with van der Waals surface area (Å²) in [6.45, 7) is 1.80. The second-order valence-electron chi connectivity index (χ2n) is 4.57. The zero-order valence-corrected chi connectivity index (χ0v) is 11.2. The van der Waals surface area contributed by atoms with E-state index in [9.17, 15) is 0 Å². The van der Waals surface area contributed by atoms with Gasteiger partial charge in [0.2, 0.25) is 0 Å². The smallest absolute Gasteiger partial charge is 0.113 e. The quantitative estimate of drug-likeness (QED) is 0.851. The largest absolute Gasteiger partial charge is 0.381 e. The van der Waals surface area contributed by atoms with E-state index in [0.717, 1.165) is 35.4 Å². The molecule has 3 heterocycles. The molecule has 3 nitrogen and oxygen atoms in total. The van der Waals surface area contributed by atoms with Crippen LogP contribution >= 0.6 is 15.9 Å². The van der Waals surface area contributed by atoms with Crippen LogP contribution in [0.15, 0.2) is 29.0 Å². The third-order valence-corrected chi connectivity index (χ3v) is 3.99. The van der Waals surface area contributed by atoms with Gasteiger partial charge in [0, 0.05) is 30.3 Å². The van der Waals surface area contributed by atoms with Gasteiger partial charge in [-0.1, -0.05) is 0 Å². The van der Waals surface area contributed by atoms with E-state index in [2.05, 4.69) is 31.5 Å². The highest BCUT2D eigenvalue weighted by Crippen LogP contribution is 2.22. The van der Waals surface area contributed by atoms with E-state index in [1.54, 1.807) is 0 Å². The molecule has 17 heavy (non-hydrogen) atoms. The van der Waals surface area contributed by atoms with Gasteiger partial charge in [-0.15, -0.1) is 0 Å². The first kappa shape index (κ1) is 11.2. The van der Waals surface area contributed by atoms with Crippen molar-refractivity contribution in [1.29, 1.82) is 0 Å². The fourth-order valence-corrected chi connectivity index (χ4v) is 2.86. The van der Waals surface area contributed by atoms with Crippen LogP contribution in [0.5, 0.6) is 0 Å². The van der Waals surface area contributed by atoms with Gasteiger partial charge in [-0.3, -0.25) is 0 Å². The molecule has 3 rings (SSSR count). The van der Waals surface area contributed by atoms with Crippen molar-refractivity contribution in [2.45, 2.75) is 19.3 Å². The standard InChI is InChI=1S/C13H15BrN2O/c14-11-4-1-5-16-12(11)8-15-13(16)7-10-3-2-6-17-9-10/h1,4-5,8,10H,2-3,6-7,9H2. The highest BCUT2D eigenvalue weighted by molar-refractivity contribution is 9.10. The fourth-order valence-electron chi connectivity index (χ4n) is 2.42. The molecule has 1 aliphatic rings. The Labute approximate surface area is 109 Å². The van der Waals surface area contributed by atoms with E-state index in [-0.39, 0.29) is 0 Å². The average Bonchev–Trinajstić information content (AvgIpc) is 2.76. The first-order chi connectivity index (χ1) is 8.34. The van der Waals surface area contributed by atoms with E-state index < -0.39 is 0 Å². The van der Waals surface area contributed by atoms with Gasteiger partial charge in [-0.05, 0) is 46.8 Å². The van der Waals surface area contributed by atoms with Crippen molar-refractivity contribution in [3.05, 3.63) is 34.8 Å². The lowest BCUT2D eigenvalue weighted by Crippen LogP contribution is -2.20. The third-order valence-electron chi connectivity index (χ3n) is 3.32. The van der Waals surface area contributed by atoms with Crippen LogP contribution in [-0.4, -0.2) is 22.6 Å². The molecular weight excluding hydrogens is 280 g/mol. The molecule has 0 N–H and O–H groups in total. The molecule has 2 aromatic heterocycles. The van der Waals surface area contributed by atoms with Crippen LogP contribution in [0.25, 0.3) is 5.52 Å². The predicted molar refractivity (Wildman–Crippen MR) is 70.1 cm³/mol. The van der Waals surface area contributed by atoms with Gasteiger partial charge in [-0.25, -0.2) is 4.98 Å². The summed E-state index contributed by atoms with van der Waals surface area (Å²) in [6, 6.07) is 4.09. The Morgan fingerprint density at radius 1 is 1.53 bits per heavy atom. The summed E-state index contributed by atoms with van der Waals surface area (Å²) >= 11 is 3.55. The van der Waals surface area contributed by atoms with E-state index in [4.69, 9.17) is 4.74 Å². The zero-order valence-electron chi connectivity index (χ0n) is 9.60. The van der Waals surface area contributed by atoms with Crippen molar-refractivity contribution < 1.29 is 4.74 Å². The maximum Gasteiger partial charge on any atom is 0.113 e. The van der Waals surface area contributed by atoms with Gasteiger partial charge in [-0.2, -0.15) is 0 Å². The Kier molecular flexibility index (Phi) is 3.16. The molecule has 0 aliphatic carbocycles. The van der Waals surface area contributed by atoms with Crippen molar-refractivity contribution >= 4 is 21.4 Å². The summed E-state index contributed by atoms with van der Waals surface area (Å²) in [5.74, 6) is 1.75. The molecule has 0 bridgehead atoms. The zero-order chi connectivity index (χ0) is 11.7. The molecule has 1 aliphatic heterocycles. The SMILES string of the molecule is Brc1cccn2c(CC3CCCOC3)ncc12. The molecule has 2 aromatic rings. The molecule has 1 saturated heterocycles. The number of fused-ring (bicyclic) bond motifs is 1. The minimum Gasteiger partial charge on any atom is -0.381 e. The molecule has 90 valence electrons. The number of imidazole rings is 1. The maximum atomic E-state index is 5.52. The number of ether oxygens (including phenoxy) is 1. The van der Waals surface area contributed by atoms with E-state index in [1.807, 2.05) is 18.3 Å². The monoisotopic (exact) mass is 294 g/mol. The Morgan fingerprint density at radius 3 is 3.29 bits per heavy atom. The number of hydrogen-bond donors (Lipinski definition) is 0. The Balaban J connectivity index is 1.87. The average molecular weight is 295 g/mol. The molecule has 1 fully saturated rings. The van der Waals surface area contributed by atoms with Crippen LogP contribution in [0.2, 0.25) is 0 Å². The minimum absolute atomic E-state index is 0.619. The first-order valence-electron chi connectivity index (χ1n) is 6.03. The minimum atomic E-state index is 0.619. The normalized spacial score (nSPS) is 20.9. The number of hydrogen-bond acceptors (Lipinski definition) is 2. The van der Waals surface area contributed by atoms with Gasteiger partial charge in [0.15, 0.2) is 0 Å². The van der Waals surface area contributed by atoms with Crippen molar-refractivity contribution in [3.63, 3.8) is 0 Å². The molecular formula is C13H15BrN2O. The molecule has 4 heteroatoms.